The maximum atomic E-state index is 11.5. The predicted molar refractivity (Wildman–Crippen MR) is 72.0 cm³/mol. The van der Waals surface area contributed by atoms with Crippen molar-refractivity contribution < 1.29 is 9.22 Å². The Morgan fingerprint density at radius 1 is 1.47 bits per heavy atom. The lowest BCUT2D eigenvalue weighted by Gasteiger charge is -2.43. The minimum Gasteiger partial charge on any atom is -0.413 e. The molecule has 0 aromatic carbocycles. The van der Waals surface area contributed by atoms with Crippen LogP contribution in [-0.4, -0.2) is 26.4 Å². The molecule has 96 valence electrons. The number of carbonyl (C=O) groups is 1. The summed E-state index contributed by atoms with van der Waals surface area (Å²) in [7, 11) is -1.83. The van der Waals surface area contributed by atoms with Crippen molar-refractivity contribution in [1.82, 2.24) is 5.32 Å². The van der Waals surface area contributed by atoms with Gasteiger partial charge in [0, 0.05) is 0 Å². The normalized spacial score (nSPS) is 26.8. The summed E-state index contributed by atoms with van der Waals surface area (Å²) in [5, 5.41) is 2.85. The van der Waals surface area contributed by atoms with Crippen LogP contribution in [0.5, 0.6) is 0 Å². The number of nitrogens with one attached hydrogen (secondary N) is 1. The van der Waals surface area contributed by atoms with Crippen molar-refractivity contribution in [2.24, 2.45) is 5.92 Å². The van der Waals surface area contributed by atoms with Gasteiger partial charge in [-0.05, 0) is 25.1 Å². The molecule has 1 heterocycles. The van der Waals surface area contributed by atoms with E-state index >= 15 is 0 Å². The van der Waals surface area contributed by atoms with Crippen LogP contribution < -0.4 is 5.32 Å². The van der Waals surface area contributed by atoms with E-state index in [4.69, 9.17) is 10.8 Å². The Balaban J connectivity index is 2.70. The summed E-state index contributed by atoms with van der Waals surface area (Å²) in [5.74, 6) is 2.42. The van der Waals surface area contributed by atoms with E-state index in [0.717, 1.165) is 0 Å². The van der Waals surface area contributed by atoms with E-state index in [0.29, 0.717) is 0 Å². The van der Waals surface area contributed by atoms with Gasteiger partial charge < -0.3 is 9.74 Å². The minimum atomic E-state index is -1.83. The summed E-state index contributed by atoms with van der Waals surface area (Å²) in [6, 6.07) is -0.165. The highest BCUT2D eigenvalue weighted by Gasteiger charge is 2.46. The fourth-order valence-electron chi connectivity index (χ4n) is 1.74. The van der Waals surface area contributed by atoms with Gasteiger partial charge in [0.2, 0.25) is 5.91 Å². The number of hydrogen-bond acceptors (Lipinski definition) is 2. The van der Waals surface area contributed by atoms with Crippen molar-refractivity contribution in [1.29, 1.82) is 0 Å². The van der Waals surface area contributed by atoms with Gasteiger partial charge in [-0.3, -0.25) is 4.79 Å². The first kappa shape index (κ1) is 14.3. The average molecular weight is 253 g/mol. The third-order valence-corrected chi connectivity index (χ3v) is 8.51. The van der Waals surface area contributed by atoms with Gasteiger partial charge in [-0.25, -0.2) is 0 Å². The molecule has 4 heteroatoms. The smallest absolute Gasteiger partial charge is 0.229 e. The van der Waals surface area contributed by atoms with Crippen molar-refractivity contribution in [3.05, 3.63) is 0 Å². The van der Waals surface area contributed by atoms with Crippen LogP contribution in [0.15, 0.2) is 0 Å². The molecule has 0 aliphatic carbocycles. The van der Waals surface area contributed by atoms with Gasteiger partial charge in [0.1, 0.15) is 6.04 Å². The summed E-state index contributed by atoms with van der Waals surface area (Å²) in [5.41, 5.74) is 0. The Hall–Kier alpha value is -0.793. The molecule has 1 rings (SSSR count). The van der Waals surface area contributed by atoms with Crippen molar-refractivity contribution in [3.63, 3.8) is 0 Å². The van der Waals surface area contributed by atoms with E-state index in [9.17, 15) is 4.79 Å². The van der Waals surface area contributed by atoms with Crippen LogP contribution in [0.25, 0.3) is 0 Å². The second-order valence-electron chi connectivity index (χ2n) is 6.26. The fourth-order valence-corrected chi connectivity index (χ4v) is 3.17. The average Bonchev–Trinajstić information content (AvgIpc) is 2.10. The zero-order chi connectivity index (χ0) is 13.4. The van der Waals surface area contributed by atoms with Gasteiger partial charge in [-0.1, -0.05) is 26.7 Å². The first-order chi connectivity index (χ1) is 7.60. The molecule has 0 saturated carbocycles. The Kier molecular flexibility index (Phi) is 3.75. The maximum absolute atomic E-state index is 11.5. The Morgan fingerprint density at radius 2 is 2.00 bits per heavy atom. The third-order valence-electron chi connectivity index (χ3n) is 3.93. The zero-order valence-corrected chi connectivity index (χ0v) is 12.6. The first-order valence-corrected chi connectivity index (χ1v) is 8.95. The van der Waals surface area contributed by atoms with Crippen LogP contribution in [0.3, 0.4) is 0 Å². The highest BCUT2D eigenvalue weighted by Crippen LogP contribution is 2.38. The van der Waals surface area contributed by atoms with Crippen LogP contribution in [0, 0.1) is 18.3 Å². The summed E-state index contributed by atoms with van der Waals surface area (Å²) in [6.45, 7) is 12.9. The molecule has 1 N–H and O–H groups in total. The molecule has 1 unspecified atom stereocenters. The SMILES string of the molecule is C#C[C@H]1NC(=O)[C@H]1C(C)O[Si](C)(C)C(C)(C)C. The lowest BCUT2D eigenvalue weighted by Crippen LogP contribution is -2.63. The molecular formula is C13H23NO2Si. The van der Waals surface area contributed by atoms with Gasteiger partial charge in [-0.15, -0.1) is 6.42 Å². The Morgan fingerprint density at radius 3 is 2.35 bits per heavy atom. The second kappa shape index (κ2) is 4.47. The molecule has 1 aliphatic rings. The van der Waals surface area contributed by atoms with Crippen LogP contribution in [-0.2, 0) is 9.22 Å². The van der Waals surface area contributed by atoms with Gasteiger partial charge in [0.05, 0.1) is 12.0 Å². The molecule has 3 nitrogen and oxygen atoms in total. The van der Waals surface area contributed by atoms with Crippen molar-refractivity contribution in [2.45, 2.75) is 58.0 Å². The molecule has 1 fully saturated rings. The van der Waals surface area contributed by atoms with Gasteiger partial charge in [0.15, 0.2) is 8.32 Å². The van der Waals surface area contributed by atoms with E-state index in [1.54, 1.807) is 0 Å². The molecule has 1 aliphatic heterocycles. The van der Waals surface area contributed by atoms with Crippen LogP contribution in [0.2, 0.25) is 18.1 Å². The number of amides is 1. The number of hydrogen-bond donors (Lipinski definition) is 1. The Labute approximate surface area is 105 Å². The first-order valence-electron chi connectivity index (χ1n) is 6.04. The van der Waals surface area contributed by atoms with E-state index in [1.165, 1.54) is 0 Å². The number of rotatable bonds is 3. The van der Waals surface area contributed by atoms with Crippen molar-refractivity contribution in [2.75, 3.05) is 0 Å². The minimum absolute atomic E-state index is 0.0131. The van der Waals surface area contributed by atoms with Crippen LogP contribution >= 0.6 is 0 Å². The van der Waals surface area contributed by atoms with E-state index < -0.39 is 8.32 Å². The topological polar surface area (TPSA) is 38.3 Å². The van der Waals surface area contributed by atoms with Gasteiger partial charge in [0.25, 0.3) is 0 Å². The molecule has 1 amide bonds. The molecule has 0 aromatic heterocycles. The molecule has 0 bridgehead atoms. The van der Waals surface area contributed by atoms with Crippen LogP contribution in [0.4, 0.5) is 0 Å². The molecule has 3 atom stereocenters. The lowest BCUT2D eigenvalue weighted by molar-refractivity contribution is -0.137. The van der Waals surface area contributed by atoms with E-state index in [-0.39, 0.29) is 29.0 Å². The molecule has 1 saturated heterocycles. The highest BCUT2D eigenvalue weighted by atomic mass is 28.4. The summed E-state index contributed by atoms with van der Waals surface area (Å²) in [6.07, 6.45) is 5.26. The maximum Gasteiger partial charge on any atom is 0.229 e. The molecule has 17 heavy (non-hydrogen) atoms. The molecule has 0 aromatic rings. The molecular weight excluding hydrogens is 230 g/mol. The molecule has 0 spiro atoms. The lowest BCUT2D eigenvalue weighted by atomic mass is 9.87. The number of β-lactam (4-membered cyclic amide) rings is 1. The van der Waals surface area contributed by atoms with E-state index in [1.807, 2.05) is 6.92 Å². The fraction of sp³-hybridized carbons (Fsp3) is 0.769. The van der Waals surface area contributed by atoms with Gasteiger partial charge >= 0.3 is 0 Å². The van der Waals surface area contributed by atoms with E-state index in [2.05, 4.69) is 45.1 Å². The third kappa shape index (κ3) is 2.72. The highest BCUT2D eigenvalue weighted by molar-refractivity contribution is 6.74. The number of carbonyl (C=O) groups excluding carboxylic acids is 1. The van der Waals surface area contributed by atoms with Gasteiger partial charge in [-0.2, -0.15) is 0 Å². The monoisotopic (exact) mass is 253 g/mol. The standard InChI is InChI=1S/C13H23NO2Si/c1-8-10-11(12(15)14-10)9(2)16-17(6,7)13(3,4)5/h1,9-11H,2-7H3,(H,14,15)/t9?,10-,11+/m1/s1. The largest absolute Gasteiger partial charge is 0.413 e. The van der Waals surface area contributed by atoms with Crippen molar-refractivity contribution >= 4 is 14.2 Å². The predicted octanol–water partition coefficient (Wildman–Crippen LogP) is 2.14. The summed E-state index contributed by atoms with van der Waals surface area (Å²) >= 11 is 0. The summed E-state index contributed by atoms with van der Waals surface area (Å²) < 4.78 is 6.19. The summed E-state index contributed by atoms with van der Waals surface area (Å²) in [4.78, 5) is 11.5. The quantitative estimate of drug-likeness (QED) is 0.475. The second-order valence-corrected chi connectivity index (χ2v) is 11.0. The zero-order valence-electron chi connectivity index (χ0n) is 11.6. The van der Waals surface area contributed by atoms with Crippen LogP contribution in [0.1, 0.15) is 27.7 Å². The number of terminal acetylenes is 1. The Bertz CT molecular complexity index is 351. The van der Waals surface area contributed by atoms with Crippen molar-refractivity contribution in [3.8, 4) is 12.3 Å². The molecule has 0 radical (unpaired) electrons.